The van der Waals surface area contributed by atoms with E-state index in [0.29, 0.717) is 6.61 Å². The molecule has 5 heteroatoms. The van der Waals surface area contributed by atoms with Gasteiger partial charge in [-0.25, -0.2) is 0 Å². The van der Waals surface area contributed by atoms with Crippen LogP contribution in [0.1, 0.15) is 19.2 Å². The summed E-state index contributed by atoms with van der Waals surface area (Å²) in [6.07, 6.45) is 1.06. The number of benzene rings is 1. The molecule has 0 fully saturated rings. The molecule has 1 aliphatic heterocycles. The van der Waals surface area contributed by atoms with E-state index in [9.17, 15) is 0 Å². The Hall–Kier alpha value is -2.04. The van der Waals surface area contributed by atoms with Gasteiger partial charge in [-0.2, -0.15) is 0 Å². The topological polar surface area (TPSA) is 52.0 Å². The summed E-state index contributed by atoms with van der Waals surface area (Å²) in [6, 6.07) is 6.10. The fourth-order valence-electron chi connectivity index (χ4n) is 2.42. The highest BCUT2D eigenvalue weighted by molar-refractivity contribution is 5.75. The molecule has 0 saturated carbocycles. The van der Waals surface area contributed by atoms with Crippen LogP contribution in [-0.4, -0.2) is 27.9 Å². The number of para-hydroxylation sites is 1. The van der Waals surface area contributed by atoms with E-state index < -0.39 is 0 Å². The normalized spacial score (nSPS) is 13.6. The summed E-state index contributed by atoms with van der Waals surface area (Å²) in [5, 5.41) is 11.9. The highest BCUT2D eigenvalue weighted by Gasteiger charge is 2.19. The molecule has 1 N–H and O–H groups in total. The Bertz CT molecular complexity index is 591. The van der Waals surface area contributed by atoms with Crippen LogP contribution in [0.15, 0.2) is 18.2 Å². The minimum absolute atomic E-state index is 0.685. The number of fused-ring (bicyclic) bond motifs is 1. The molecule has 0 unspecified atom stereocenters. The smallest absolute Gasteiger partial charge is 0.167 e. The lowest BCUT2D eigenvalue weighted by molar-refractivity contribution is 0.324. The van der Waals surface area contributed by atoms with Gasteiger partial charge in [-0.15, -0.1) is 10.2 Å². The molecule has 3 rings (SSSR count). The number of rotatable bonds is 3. The van der Waals surface area contributed by atoms with Crippen molar-refractivity contribution in [3.05, 3.63) is 24.0 Å². The first kappa shape index (κ1) is 12.0. The molecular formula is C14H18N4O. The fraction of sp³-hybridized carbons (Fsp3) is 0.429. The maximum atomic E-state index is 5.81. The number of hydrogen-bond acceptors (Lipinski definition) is 4. The summed E-state index contributed by atoms with van der Waals surface area (Å²) in [5.41, 5.74) is 2.05. The van der Waals surface area contributed by atoms with E-state index in [2.05, 4.69) is 27.0 Å². The number of aromatic nitrogens is 3. The van der Waals surface area contributed by atoms with E-state index in [-0.39, 0.29) is 0 Å². The zero-order chi connectivity index (χ0) is 13.2. The van der Waals surface area contributed by atoms with Gasteiger partial charge in [0.05, 0.1) is 11.3 Å². The van der Waals surface area contributed by atoms with E-state index in [0.717, 1.165) is 48.2 Å². The van der Waals surface area contributed by atoms with E-state index in [1.165, 1.54) is 0 Å². The molecule has 0 aliphatic carbocycles. The highest BCUT2D eigenvalue weighted by Crippen LogP contribution is 2.37. The number of ether oxygens (including phenoxy) is 1. The van der Waals surface area contributed by atoms with Crippen molar-refractivity contribution in [2.45, 2.75) is 26.8 Å². The quantitative estimate of drug-likeness (QED) is 0.919. The van der Waals surface area contributed by atoms with Gasteiger partial charge >= 0.3 is 0 Å². The van der Waals surface area contributed by atoms with Gasteiger partial charge < -0.3 is 14.6 Å². The Morgan fingerprint density at radius 2 is 2.26 bits per heavy atom. The molecule has 2 heterocycles. The molecule has 5 nitrogen and oxygen atoms in total. The number of hydrogen-bond donors (Lipinski definition) is 1. The van der Waals surface area contributed by atoms with Gasteiger partial charge in [0, 0.05) is 13.1 Å². The molecule has 0 bridgehead atoms. The number of nitrogens with one attached hydrogen (secondary N) is 1. The summed E-state index contributed by atoms with van der Waals surface area (Å²) >= 11 is 0. The summed E-state index contributed by atoms with van der Waals surface area (Å²) in [7, 11) is 0. The average Bonchev–Trinajstić information content (AvgIpc) is 2.80. The minimum atomic E-state index is 0.685. The molecule has 19 heavy (non-hydrogen) atoms. The second-order valence-corrected chi connectivity index (χ2v) is 4.68. The first-order chi connectivity index (χ1) is 9.31. The van der Waals surface area contributed by atoms with Crippen LogP contribution in [0.5, 0.6) is 5.75 Å². The fourth-order valence-corrected chi connectivity index (χ4v) is 2.42. The monoisotopic (exact) mass is 258 g/mol. The summed E-state index contributed by atoms with van der Waals surface area (Å²) in [6.45, 7) is 6.59. The van der Waals surface area contributed by atoms with Crippen molar-refractivity contribution in [1.29, 1.82) is 0 Å². The molecule has 1 aliphatic rings. The SMILES string of the molecule is CCCn1c(C)nnc1-c1cccc2c1OCCN2. The van der Waals surface area contributed by atoms with E-state index in [1.807, 2.05) is 25.1 Å². The average molecular weight is 258 g/mol. The van der Waals surface area contributed by atoms with Crippen molar-refractivity contribution in [2.24, 2.45) is 0 Å². The Kier molecular flexibility index (Phi) is 3.11. The van der Waals surface area contributed by atoms with Gasteiger partial charge in [-0.05, 0) is 25.5 Å². The Morgan fingerprint density at radius 1 is 1.37 bits per heavy atom. The standard InChI is InChI=1S/C14H18N4O/c1-3-8-18-10(2)16-17-14(18)11-5-4-6-12-13(11)19-9-7-15-12/h4-6,15H,3,7-9H2,1-2H3. The Morgan fingerprint density at radius 3 is 3.11 bits per heavy atom. The molecule has 0 atom stereocenters. The number of nitrogens with zero attached hydrogens (tertiary/aromatic N) is 3. The van der Waals surface area contributed by atoms with Crippen LogP contribution in [0.3, 0.4) is 0 Å². The van der Waals surface area contributed by atoms with Crippen molar-refractivity contribution >= 4 is 5.69 Å². The second kappa shape index (κ2) is 4.91. The second-order valence-electron chi connectivity index (χ2n) is 4.68. The van der Waals surface area contributed by atoms with Crippen LogP contribution >= 0.6 is 0 Å². The van der Waals surface area contributed by atoms with Crippen molar-refractivity contribution in [1.82, 2.24) is 14.8 Å². The third kappa shape index (κ3) is 2.05. The molecule has 1 aromatic heterocycles. The highest BCUT2D eigenvalue weighted by atomic mass is 16.5. The summed E-state index contributed by atoms with van der Waals surface area (Å²) in [5.74, 6) is 2.72. The summed E-state index contributed by atoms with van der Waals surface area (Å²) < 4.78 is 7.95. The van der Waals surface area contributed by atoms with Crippen molar-refractivity contribution < 1.29 is 4.74 Å². The van der Waals surface area contributed by atoms with Crippen LogP contribution in [0.2, 0.25) is 0 Å². The lowest BCUT2D eigenvalue weighted by Gasteiger charge is -2.21. The van der Waals surface area contributed by atoms with Crippen LogP contribution in [-0.2, 0) is 6.54 Å². The van der Waals surface area contributed by atoms with Crippen LogP contribution in [0.25, 0.3) is 11.4 Å². The van der Waals surface area contributed by atoms with Gasteiger partial charge in [-0.3, -0.25) is 0 Å². The predicted octanol–water partition coefficient (Wildman–Crippen LogP) is 2.47. The number of aryl methyl sites for hydroxylation is 1. The Balaban J connectivity index is 2.12. The summed E-state index contributed by atoms with van der Waals surface area (Å²) in [4.78, 5) is 0. The molecular weight excluding hydrogens is 240 g/mol. The van der Waals surface area contributed by atoms with Gasteiger partial charge in [-0.1, -0.05) is 13.0 Å². The third-order valence-electron chi connectivity index (χ3n) is 3.30. The number of anilines is 1. The van der Waals surface area contributed by atoms with Crippen LogP contribution in [0.4, 0.5) is 5.69 Å². The first-order valence-electron chi connectivity index (χ1n) is 6.71. The lowest BCUT2D eigenvalue weighted by Crippen LogP contribution is -2.18. The molecule has 0 saturated heterocycles. The minimum Gasteiger partial charge on any atom is -0.489 e. The van der Waals surface area contributed by atoms with E-state index >= 15 is 0 Å². The zero-order valence-electron chi connectivity index (χ0n) is 11.3. The molecule has 1 aromatic carbocycles. The van der Waals surface area contributed by atoms with E-state index in [4.69, 9.17) is 4.74 Å². The zero-order valence-corrected chi connectivity index (χ0v) is 11.3. The molecule has 0 spiro atoms. The molecule has 0 radical (unpaired) electrons. The predicted molar refractivity (Wildman–Crippen MR) is 74.5 cm³/mol. The molecule has 0 amide bonds. The third-order valence-corrected chi connectivity index (χ3v) is 3.30. The maximum absolute atomic E-state index is 5.81. The van der Waals surface area contributed by atoms with Crippen molar-refractivity contribution in [2.75, 3.05) is 18.5 Å². The lowest BCUT2D eigenvalue weighted by atomic mass is 10.1. The van der Waals surface area contributed by atoms with Gasteiger partial charge in [0.15, 0.2) is 11.6 Å². The van der Waals surface area contributed by atoms with Gasteiger partial charge in [0.1, 0.15) is 12.4 Å². The van der Waals surface area contributed by atoms with Crippen LogP contribution < -0.4 is 10.1 Å². The molecule has 2 aromatic rings. The first-order valence-corrected chi connectivity index (χ1v) is 6.71. The van der Waals surface area contributed by atoms with E-state index in [1.54, 1.807) is 0 Å². The Labute approximate surface area is 112 Å². The van der Waals surface area contributed by atoms with Gasteiger partial charge in [0.25, 0.3) is 0 Å². The maximum Gasteiger partial charge on any atom is 0.167 e. The van der Waals surface area contributed by atoms with Crippen LogP contribution in [0, 0.1) is 6.92 Å². The molecule has 100 valence electrons. The van der Waals surface area contributed by atoms with Crippen molar-refractivity contribution in [3.63, 3.8) is 0 Å². The van der Waals surface area contributed by atoms with Gasteiger partial charge in [0.2, 0.25) is 0 Å². The van der Waals surface area contributed by atoms with Crippen molar-refractivity contribution in [3.8, 4) is 17.1 Å². The largest absolute Gasteiger partial charge is 0.489 e.